The first-order valence-corrected chi connectivity index (χ1v) is 8.26. The Balaban J connectivity index is 1.62. The lowest BCUT2D eigenvalue weighted by molar-refractivity contribution is 0.0382. The number of aromatic nitrogens is 2. The topological polar surface area (TPSA) is 42.3 Å². The van der Waals surface area contributed by atoms with Gasteiger partial charge in [-0.2, -0.15) is 0 Å². The molecule has 1 unspecified atom stereocenters. The SMILES string of the molecule is Cn1ccnc1C(NCCN1CCOCC1)c1cccs1. The fourth-order valence-electron chi connectivity index (χ4n) is 2.62. The Hall–Kier alpha value is -1.21. The van der Waals surface area contributed by atoms with E-state index in [1.54, 1.807) is 11.3 Å². The van der Waals surface area contributed by atoms with E-state index in [1.807, 2.05) is 19.4 Å². The van der Waals surface area contributed by atoms with Gasteiger partial charge in [0.25, 0.3) is 0 Å². The van der Waals surface area contributed by atoms with Gasteiger partial charge in [-0.25, -0.2) is 4.98 Å². The van der Waals surface area contributed by atoms with Crippen molar-refractivity contribution in [1.29, 1.82) is 0 Å². The molecule has 0 aliphatic carbocycles. The monoisotopic (exact) mass is 306 g/mol. The molecule has 0 radical (unpaired) electrons. The first-order valence-electron chi connectivity index (χ1n) is 7.38. The average Bonchev–Trinajstić information content (AvgIpc) is 3.17. The van der Waals surface area contributed by atoms with E-state index in [0.717, 1.165) is 45.2 Å². The highest BCUT2D eigenvalue weighted by Crippen LogP contribution is 2.24. The van der Waals surface area contributed by atoms with Gasteiger partial charge in [-0.3, -0.25) is 4.90 Å². The van der Waals surface area contributed by atoms with E-state index in [2.05, 4.69) is 37.3 Å². The lowest BCUT2D eigenvalue weighted by Crippen LogP contribution is -2.41. The molecule has 0 bridgehead atoms. The Bertz CT molecular complexity index is 534. The highest BCUT2D eigenvalue weighted by atomic mass is 32.1. The third kappa shape index (κ3) is 3.71. The molecule has 1 saturated heterocycles. The van der Waals surface area contributed by atoms with Gasteiger partial charge in [0, 0.05) is 50.5 Å². The van der Waals surface area contributed by atoms with Crippen LogP contribution >= 0.6 is 11.3 Å². The van der Waals surface area contributed by atoms with Crippen molar-refractivity contribution < 1.29 is 4.74 Å². The Morgan fingerprint density at radius 2 is 2.29 bits per heavy atom. The van der Waals surface area contributed by atoms with Crippen LogP contribution in [-0.4, -0.2) is 53.8 Å². The first-order chi connectivity index (χ1) is 10.3. The number of rotatable bonds is 6. The molecule has 3 heterocycles. The van der Waals surface area contributed by atoms with Gasteiger partial charge in [0.1, 0.15) is 11.9 Å². The van der Waals surface area contributed by atoms with Crippen LogP contribution in [0.3, 0.4) is 0 Å². The van der Waals surface area contributed by atoms with Gasteiger partial charge in [-0.05, 0) is 11.4 Å². The van der Waals surface area contributed by atoms with E-state index < -0.39 is 0 Å². The number of ether oxygens (including phenoxy) is 1. The van der Waals surface area contributed by atoms with E-state index in [0.29, 0.717) is 0 Å². The molecule has 2 aromatic rings. The van der Waals surface area contributed by atoms with E-state index in [-0.39, 0.29) is 6.04 Å². The number of nitrogens with zero attached hydrogens (tertiary/aromatic N) is 3. The number of hydrogen-bond acceptors (Lipinski definition) is 5. The van der Waals surface area contributed by atoms with Crippen molar-refractivity contribution in [2.24, 2.45) is 7.05 Å². The summed E-state index contributed by atoms with van der Waals surface area (Å²) in [5.41, 5.74) is 0. The Kier molecular flexibility index (Phi) is 5.03. The van der Waals surface area contributed by atoms with Crippen molar-refractivity contribution in [3.8, 4) is 0 Å². The van der Waals surface area contributed by atoms with Crippen LogP contribution in [0.15, 0.2) is 29.9 Å². The van der Waals surface area contributed by atoms with E-state index >= 15 is 0 Å². The Morgan fingerprint density at radius 3 is 2.95 bits per heavy atom. The zero-order chi connectivity index (χ0) is 14.5. The molecule has 0 aromatic carbocycles. The average molecular weight is 306 g/mol. The van der Waals surface area contributed by atoms with Crippen LogP contribution in [0.5, 0.6) is 0 Å². The zero-order valence-corrected chi connectivity index (χ0v) is 13.2. The summed E-state index contributed by atoms with van der Waals surface area (Å²) in [5, 5.41) is 5.78. The molecule has 1 aliphatic heterocycles. The summed E-state index contributed by atoms with van der Waals surface area (Å²) >= 11 is 1.77. The minimum Gasteiger partial charge on any atom is -0.379 e. The summed E-state index contributed by atoms with van der Waals surface area (Å²) in [6, 6.07) is 4.44. The van der Waals surface area contributed by atoms with Gasteiger partial charge >= 0.3 is 0 Å². The number of thiophene rings is 1. The maximum atomic E-state index is 5.39. The van der Waals surface area contributed by atoms with E-state index in [9.17, 15) is 0 Å². The molecule has 1 atom stereocenters. The summed E-state index contributed by atoms with van der Waals surface area (Å²) in [5.74, 6) is 1.07. The van der Waals surface area contributed by atoms with Crippen molar-refractivity contribution in [1.82, 2.24) is 19.8 Å². The lowest BCUT2D eigenvalue weighted by atomic mass is 10.2. The summed E-state index contributed by atoms with van der Waals surface area (Å²) in [6.07, 6.45) is 3.86. The number of aryl methyl sites for hydroxylation is 1. The fraction of sp³-hybridized carbons (Fsp3) is 0.533. The van der Waals surface area contributed by atoms with Crippen LogP contribution in [0, 0.1) is 0 Å². The molecule has 114 valence electrons. The van der Waals surface area contributed by atoms with Gasteiger partial charge in [-0.1, -0.05) is 6.07 Å². The molecule has 0 saturated carbocycles. The molecule has 0 amide bonds. The molecular formula is C15H22N4OS. The van der Waals surface area contributed by atoms with Crippen LogP contribution < -0.4 is 5.32 Å². The Morgan fingerprint density at radius 1 is 1.43 bits per heavy atom. The maximum Gasteiger partial charge on any atom is 0.131 e. The molecular weight excluding hydrogens is 284 g/mol. The van der Waals surface area contributed by atoms with Gasteiger partial charge in [0.2, 0.25) is 0 Å². The number of morpholine rings is 1. The van der Waals surface area contributed by atoms with Crippen LogP contribution in [0.1, 0.15) is 16.7 Å². The number of hydrogen-bond donors (Lipinski definition) is 1. The molecule has 1 aliphatic rings. The third-order valence-electron chi connectivity index (χ3n) is 3.82. The highest BCUT2D eigenvalue weighted by Gasteiger charge is 2.19. The molecule has 6 heteroatoms. The molecule has 5 nitrogen and oxygen atoms in total. The van der Waals surface area contributed by atoms with Crippen LogP contribution in [0.25, 0.3) is 0 Å². The number of nitrogens with one attached hydrogen (secondary N) is 1. The maximum absolute atomic E-state index is 5.39. The van der Waals surface area contributed by atoms with Crippen molar-refractivity contribution in [3.63, 3.8) is 0 Å². The summed E-state index contributed by atoms with van der Waals surface area (Å²) in [4.78, 5) is 8.27. The van der Waals surface area contributed by atoms with Crippen LogP contribution in [0.4, 0.5) is 0 Å². The largest absolute Gasteiger partial charge is 0.379 e. The standard InChI is InChI=1S/C15H22N4OS/c1-18-6-4-17-15(18)14(13-3-2-12-21-13)16-5-7-19-8-10-20-11-9-19/h2-4,6,12,14,16H,5,7-11H2,1H3. The molecule has 1 N–H and O–H groups in total. The second kappa shape index (κ2) is 7.17. The minimum absolute atomic E-state index is 0.172. The normalized spacial score (nSPS) is 18.0. The molecule has 2 aromatic heterocycles. The first kappa shape index (κ1) is 14.7. The zero-order valence-electron chi connectivity index (χ0n) is 12.4. The minimum atomic E-state index is 0.172. The second-order valence-electron chi connectivity index (χ2n) is 5.25. The van der Waals surface area contributed by atoms with Crippen molar-refractivity contribution in [2.75, 3.05) is 39.4 Å². The molecule has 0 spiro atoms. The summed E-state index contributed by atoms with van der Waals surface area (Å²) in [6.45, 7) is 5.79. The fourth-order valence-corrected chi connectivity index (χ4v) is 3.42. The predicted octanol–water partition coefficient (Wildman–Crippen LogP) is 1.49. The quantitative estimate of drug-likeness (QED) is 0.878. The predicted molar refractivity (Wildman–Crippen MR) is 84.6 cm³/mol. The molecule has 21 heavy (non-hydrogen) atoms. The smallest absolute Gasteiger partial charge is 0.131 e. The summed E-state index contributed by atoms with van der Waals surface area (Å²) in [7, 11) is 2.05. The van der Waals surface area contributed by atoms with E-state index in [1.165, 1.54) is 4.88 Å². The molecule has 3 rings (SSSR count). The van der Waals surface area contributed by atoms with Gasteiger partial charge in [0.15, 0.2) is 0 Å². The van der Waals surface area contributed by atoms with Gasteiger partial charge in [-0.15, -0.1) is 11.3 Å². The lowest BCUT2D eigenvalue weighted by Gasteiger charge is -2.27. The van der Waals surface area contributed by atoms with Crippen molar-refractivity contribution in [2.45, 2.75) is 6.04 Å². The van der Waals surface area contributed by atoms with Crippen LogP contribution in [0.2, 0.25) is 0 Å². The van der Waals surface area contributed by atoms with Crippen LogP contribution in [-0.2, 0) is 11.8 Å². The van der Waals surface area contributed by atoms with E-state index in [4.69, 9.17) is 4.74 Å². The van der Waals surface area contributed by atoms with Crippen molar-refractivity contribution >= 4 is 11.3 Å². The van der Waals surface area contributed by atoms with Gasteiger partial charge in [0.05, 0.1) is 13.2 Å². The Labute approximate surface area is 129 Å². The molecule has 1 fully saturated rings. The highest BCUT2D eigenvalue weighted by molar-refractivity contribution is 7.10. The van der Waals surface area contributed by atoms with Crippen molar-refractivity contribution in [3.05, 3.63) is 40.6 Å². The number of imidazole rings is 1. The third-order valence-corrected chi connectivity index (χ3v) is 4.76. The second-order valence-corrected chi connectivity index (χ2v) is 6.23. The van der Waals surface area contributed by atoms with Gasteiger partial charge < -0.3 is 14.6 Å². The summed E-state index contributed by atoms with van der Waals surface area (Å²) < 4.78 is 7.48.